The molecule has 1 aliphatic carbocycles. The molecule has 3 aromatic carbocycles. The van der Waals surface area contributed by atoms with E-state index in [0.717, 1.165) is 28.5 Å². The van der Waals surface area contributed by atoms with E-state index in [9.17, 15) is 4.79 Å². The van der Waals surface area contributed by atoms with Crippen molar-refractivity contribution in [3.8, 4) is 0 Å². The van der Waals surface area contributed by atoms with Gasteiger partial charge in [-0.1, -0.05) is 73.2 Å². The molecule has 3 nitrogen and oxygen atoms in total. The molecular formula is C27H25NO2. The summed E-state index contributed by atoms with van der Waals surface area (Å²) >= 11 is 0. The van der Waals surface area contributed by atoms with Crippen molar-refractivity contribution in [2.24, 2.45) is 5.92 Å². The quantitative estimate of drug-likeness (QED) is 0.300. The van der Waals surface area contributed by atoms with Gasteiger partial charge < -0.3 is 10.8 Å². The van der Waals surface area contributed by atoms with Crippen LogP contribution in [0.2, 0.25) is 0 Å². The predicted molar refractivity (Wildman–Crippen MR) is 124 cm³/mol. The van der Waals surface area contributed by atoms with Crippen LogP contribution in [0.4, 0.5) is 5.69 Å². The first kappa shape index (κ1) is 19.7. The Morgan fingerprint density at radius 2 is 1.43 bits per heavy atom. The second kappa shape index (κ2) is 8.83. The van der Waals surface area contributed by atoms with E-state index >= 15 is 0 Å². The fourth-order valence-corrected chi connectivity index (χ4v) is 3.95. The van der Waals surface area contributed by atoms with Gasteiger partial charge >= 0.3 is 5.97 Å². The smallest absolute Gasteiger partial charge is 0.328 e. The maximum atomic E-state index is 10.8. The normalized spacial score (nSPS) is 14.9. The molecule has 0 radical (unpaired) electrons. The molecule has 0 aromatic heterocycles. The number of nitrogens with two attached hydrogens (primary N) is 1. The third kappa shape index (κ3) is 4.36. The van der Waals surface area contributed by atoms with Crippen LogP contribution in [0.5, 0.6) is 0 Å². The topological polar surface area (TPSA) is 63.3 Å². The Bertz CT molecular complexity index is 1070. The van der Waals surface area contributed by atoms with Crippen LogP contribution in [0.15, 0.2) is 84.9 Å². The molecule has 30 heavy (non-hydrogen) atoms. The Morgan fingerprint density at radius 3 is 1.97 bits per heavy atom. The van der Waals surface area contributed by atoms with E-state index < -0.39 is 5.97 Å². The third-order valence-corrected chi connectivity index (χ3v) is 5.68. The highest BCUT2D eigenvalue weighted by Crippen LogP contribution is 2.45. The Balaban J connectivity index is 1.88. The van der Waals surface area contributed by atoms with E-state index in [-0.39, 0.29) is 0 Å². The largest absolute Gasteiger partial charge is 0.478 e. The number of carbonyl (C=O) groups is 1. The van der Waals surface area contributed by atoms with Crippen molar-refractivity contribution in [2.45, 2.75) is 19.3 Å². The molecule has 150 valence electrons. The van der Waals surface area contributed by atoms with E-state index in [1.807, 2.05) is 30.3 Å². The zero-order valence-electron chi connectivity index (χ0n) is 16.8. The summed E-state index contributed by atoms with van der Waals surface area (Å²) in [5, 5.41) is 8.88. The number of hydrogen-bond acceptors (Lipinski definition) is 2. The van der Waals surface area contributed by atoms with Crippen LogP contribution in [0, 0.1) is 5.92 Å². The van der Waals surface area contributed by atoms with Crippen molar-refractivity contribution in [1.29, 1.82) is 0 Å². The minimum Gasteiger partial charge on any atom is -0.478 e. The standard InChI is InChI=1S/C27H25NO2/c28-24-16-14-23(15-17-24)27(22-12-9-19(10-13-22)11-18-25(29)30)26(21-7-4-8-21)20-5-2-1-3-6-20/h1-3,5-6,9-18,21H,4,7-8,28H2,(H,29,30)/b18-11+,27-26-. The van der Waals surface area contributed by atoms with Gasteiger partial charge in [-0.2, -0.15) is 0 Å². The highest BCUT2D eigenvalue weighted by Gasteiger charge is 2.27. The number of anilines is 1. The van der Waals surface area contributed by atoms with Crippen LogP contribution in [-0.2, 0) is 4.79 Å². The fourth-order valence-electron chi connectivity index (χ4n) is 3.95. The van der Waals surface area contributed by atoms with Gasteiger partial charge in [-0.05, 0) is 70.4 Å². The number of carboxylic acids is 1. The van der Waals surface area contributed by atoms with Gasteiger partial charge in [-0.3, -0.25) is 0 Å². The lowest BCUT2D eigenvalue weighted by Crippen LogP contribution is -2.15. The lowest BCUT2D eigenvalue weighted by molar-refractivity contribution is -0.131. The zero-order chi connectivity index (χ0) is 20.9. The van der Waals surface area contributed by atoms with Crippen LogP contribution in [0.25, 0.3) is 17.2 Å². The minimum atomic E-state index is -0.946. The van der Waals surface area contributed by atoms with Gasteiger partial charge in [-0.25, -0.2) is 4.79 Å². The highest BCUT2D eigenvalue weighted by atomic mass is 16.4. The molecule has 3 N–H and O–H groups in total. The predicted octanol–water partition coefficient (Wildman–Crippen LogP) is 6.13. The van der Waals surface area contributed by atoms with Gasteiger partial charge in [0, 0.05) is 11.8 Å². The number of carboxylic acid groups (broad SMARTS) is 1. The van der Waals surface area contributed by atoms with Crippen molar-refractivity contribution in [3.63, 3.8) is 0 Å². The summed E-state index contributed by atoms with van der Waals surface area (Å²) < 4.78 is 0. The zero-order valence-corrected chi connectivity index (χ0v) is 16.8. The third-order valence-electron chi connectivity index (χ3n) is 5.68. The van der Waals surface area contributed by atoms with Gasteiger partial charge in [0.05, 0.1) is 0 Å². The van der Waals surface area contributed by atoms with Gasteiger partial charge in [0.15, 0.2) is 0 Å². The highest BCUT2D eigenvalue weighted by molar-refractivity contribution is 5.99. The summed E-state index contributed by atoms with van der Waals surface area (Å²) in [6.07, 6.45) is 6.43. The molecule has 0 amide bonds. The molecule has 3 aromatic rings. The molecule has 1 aliphatic rings. The number of rotatable bonds is 6. The van der Waals surface area contributed by atoms with E-state index in [2.05, 4.69) is 48.5 Å². The van der Waals surface area contributed by atoms with E-state index in [0.29, 0.717) is 5.92 Å². The molecule has 4 rings (SSSR count). The van der Waals surface area contributed by atoms with E-state index in [1.165, 1.54) is 36.0 Å². The summed E-state index contributed by atoms with van der Waals surface area (Å²) in [7, 11) is 0. The van der Waals surface area contributed by atoms with E-state index in [4.69, 9.17) is 10.8 Å². The molecule has 3 heteroatoms. The summed E-state index contributed by atoms with van der Waals surface area (Å²) in [6, 6.07) is 26.8. The van der Waals surface area contributed by atoms with Crippen LogP contribution in [-0.4, -0.2) is 11.1 Å². The molecule has 1 saturated carbocycles. The van der Waals surface area contributed by atoms with Crippen molar-refractivity contribution in [2.75, 3.05) is 5.73 Å². The molecule has 0 heterocycles. The van der Waals surface area contributed by atoms with Crippen molar-refractivity contribution >= 4 is 28.9 Å². The van der Waals surface area contributed by atoms with Crippen LogP contribution in [0.1, 0.15) is 41.5 Å². The second-order valence-electron chi connectivity index (χ2n) is 7.70. The van der Waals surface area contributed by atoms with Crippen LogP contribution >= 0.6 is 0 Å². The summed E-state index contributed by atoms with van der Waals surface area (Å²) in [5.41, 5.74) is 13.7. The van der Waals surface area contributed by atoms with Crippen molar-refractivity contribution < 1.29 is 9.90 Å². The van der Waals surface area contributed by atoms with Gasteiger partial charge in [0.2, 0.25) is 0 Å². The second-order valence-corrected chi connectivity index (χ2v) is 7.70. The number of benzene rings is 3. The number of allylic oxidation sites excluding steroid dienone is 1. The summed E-state index contributed by atoms with van der Waals surface area (Å²) in [6.45, 7) is 0. The molecule has 0 aliphatic heterocycles. The minimum absolute atomic E-state index is 0.534. The monoisotopic (exact) mass is 395 g/mol. The first-order chi connectivity index (χ1) is 14.6. The molecular weight excluding hydrogens is 370 g/mol. The number of aliphatic carboxylic acids is 1. The summed E-state index contributed by atoms with van der Waals surface area (Å²) in [4.78, 5) is 10.8. The average molecular weight is 396 g/mol. The lowest BCUT2D eigenvalue weighted by Gasteiger charge is -2.31. The Kier molecular flexibility index (Phi) is 5.80. The van der Waals surface area contributed by atoms with Gasteiger partial charge in [0.25, 0.3) is 0 Å². The molecule has 0 atom stereocenters. The average Bonchev–Trinajstić information content (AvgIpc) is 2.73. The SMILES string of the molecule is Nc1ccc(/C(=C(/c2ccccc2)C2CCC2)c2ccc(/C=C/C(=O)O)cc2)cc1. The van der Waals surface area contributed by atoms with Gasteiger partial charge in [-0.15, -0.1) is 0 Å². The van der Waals surface area contributed by atoms with Crippen LogP contribution < -0.4 is 5.73 Å². The number of nitrogen functional groups attached to an aromatic ring is 1. The first-order valence-corrected chi connectivity index (χ1v) is 10.3. The Morgan fingerprint density at radius 1 is 0.833 bits per heavy atom. The van der Waals surface area contributed by atoms with Crippen LogP contribution in [0.3, 0.4) is 0 Å². The Hall–Kier alpha value is -3.59. The Labute approximate surface area is 177 Å². The first-order valence-electron chi connectivity index (χ1n) is 10.3. The maximum Gasteiger partial charge on any atom is 0.328 e. The number of hydrogen-bond donors (Lipinski definition) is 2. The summed E-state index contributed by atoms with van der Waals surface area (Å²) in [5.74, 6) is -0.413. The van der Waals surface area contributed by atoms with Crippen molar-refractivity contribution in [1.82, 2.24) is 0 Å². The molecule has 0 bridgehead atoms. The fraction of sp³-hybridized carbons (Fsp3) is 0.148. The molecule has 0 spiro atoms. The molecule has 0 saturated heterocycles. The van der Waals surface area contributed by atoms with Crippen molar-refractivity contribution in [3.05, 3.63) is 107 Å². The van der Waals surface area contributed by atoms with E-state index in [1.54, 1.807) is 6.08 Å². The molecule has 1 fully saturated rings. The van der Waals surface area contributed by atoms with Gasteiger partial charge in [0.1, 0.15) is 0 Å². The lowest BCUT2D eigenvalue weighted by atomic mass is 9.73. The molecule has 0 unspecified atom stereocenters. The maximum absolute atomic E-state index is 10.8.